The van der Waals surface area contributed by atoms with Crippen molar-refractivity contribution < 1.29 is 9.21 Å². The molecule has 1 aliphatic rings. The van der Waals surface area contributed by atoms with Crippen LogP contribution in [-0.4, -0.2) is 11.5 Å². The highest BCUT2D eigenvalue weighted by Gasteiger charge is 2.21. The van der Waals surface area contributed by atoms with E-state index in [9.17, 15) is 4.79 Å². The normalized spacial score (nSPS) is 14.3. The lowest BCUT2D eigenvalue weighted by atomic mass is 10.1. The molecule has 106 valence electrons. The minimum atomic E-state index is 0.00926. The Labute approximate surface area is 131 Å². The molecule has 0 saturated heterocycles. The van der Waals surface area contributed by atoms with Gasteiger partial charge < -0.3 is 4.42 Å². The van der Waals surface area contributed by atoms with Gasteiger partial charge >= 0.3 is 0 Å². The third-order valence-electron chi connectivity index (χ3n) is 3.82. The van der Waals surface area contributed by atoms with Crippen molar-refractivity contribution in [3.63, 3.8) is 0 Å². The van der Waals surface area contributed by atoms with Crippen LogP contribution in [0.2, 0.25) is 0 Å². The van der Waals surface area contributed by atoms with E-state index in [0.29, 0.717) is 5.76 Å². The zero-order valence-corrected chi connectivity index (χ0v) is 13.3. The van der Waals surface area contributed by atoms with Crippen molar-refractivity contribution >= 4 is 39.9 Å². The van der Waals surface area contributed by atoms with Crippen LogP contribution in [0, 0.1) is 6.92 Å². The lowest BCUT2D eigenvalue weighted by molar-refractivity contribution is 0.101. The predicted molar refractivity (Wildman–Crippen MR) is 88.6 cm³/mol. The van der Waals surface area contributed by atoms with E-state index in [1.165, 1.54) is 10.4 Å². The molecule has 0 spiro atoms. The second kappa shape index (κ2) is 5.04. The predicted octanol–water partition coefficient (Wildman–Crippen LogP) is 4.82. The molecule has 0 atom stereocenters. The molecule has 0 saturated carbocycles. The summed E-state index contributed by atoms with van der Waals surface area (Å²) >= 11 is 3.57. The molecule has 2 aromatic heterocycles. The van der Waals surface area contributed by atoms with Crippen LogP contribution in [0.5, 0.6) is 0 Å². The standard InChI is InChI=1S/C17H14O2S2/c1-10-3-2-4-11-7-13(19-17(10)11)16(18)15-8-12-9-20-6-5-14(12)21-15/h2-4,7-8H,5-6,9H2,1H3. The highest BCUT2D eigenvalue weighted by molar-refractivity contribution is 7.98. The van der Waals surface area contributed by atoms with Crippen LogP contribution in [0.4, 0.5) is 0 Å². The van der Waals surface area contributed by atoms with Gasteiger partial charge in [-0.1, -0.05) is 18.2 Å². The van der Waals surface area contributed by atoms with Crippen LogP contribution in [-0.2, 0) is 12.2 Å². The summed E-state index contributed by atoms with van der Waals surface area (Å²) in [6.07, 6.45) is 1.08. The Hall–Kier alpha value is -1.52. The number of carbonyl (C=O) groups is 1. The van der Waals surface area contributed by atoms with Crippen LogP contribution < -0.4 is 0 Å². The van der Waals surface area contributed by atoms with Crippen molar-refractivity contribution in [3.8, 4) is 0 Å². The quantitative estimate of drug-likeness (QED) is 0.635. The summed E-state index contributed by atoms with van der Waals surface area (Å²) in [4.78, 5) is 14.8. The molecule has 3 aromatic rings. The molecule has 0 bridgehead atoms. The smallest absolute Gasteiger partial charge is 0.238 e. The van der Waals surface area contributed by atoms with Gasteiger partial charge in [0.05, 0.1) is 4.88 Å². The van der Waals surface area contributed by atoms with Crippen molar-refractivity contribution in [2.75, 3.05) is 5.75 Å². The first-order chi connectivity index (χ1) is 10.2. The zero-order valence-electron chi connectivity index (χ0n) is 11.6. The minimum Gasteiger partial charge on any atom is -0.452 e. The van der Waals surface area contributed by atoms with E-state index in [-0.39, 0.29) is 5.78 Å². The Morgan fingerprint density at radius 3 is 3.00 bits per heavy atom. The third-order valence-corrected chi connectivity index (χ3v) is 6.06. The van der Waals surface area contributed by atoms with Crippen LogP contribution in [0.25, 0.3) is 11.0 Å². The van der Waals surface area contributed by atoms with Gasteiger partial charge in [-0.25, -0.2) is 0 Å². The van der Waals surface area contributed by atoms with Crippen molar-refractivity contribution in [1.82, 2.24) is 0 Å². The van der Waals surface area contributed by atoms with Crippen molar-refractivity contribution in [1.29, 1.82) is 0 Å². The molecule has 1 aromatic carbocycles. The summed E-state index contributed by atoms with van der Waals surface area (Å²) in [7, 11) is 0. The van der Waals surface area contributed by atoms with E-state index >= 15 is 0 Å². The van der Waals surface area contributed by atoms with Gasteiger partial charge in [-0.3, -0.25) is 4.79 Å². The number of hydrogen-bond donors (Lipinski definition) is 0. The molecular weight excluding hydrogens is 300 g/mol. The fourth-order valence-electron chi connectivity index (χ4n) is 2.70. The molecule has 1 aliphatic heterocycles. The fraction of sp³-hybridized carbons (Fsp3) is 0.235. The van der Waals surface area contributed by atoms with Crippen LogP contribution in [0.15, 0.2) is 34.7 Å². The van der Waals surface area contributed by atoms with Gasteiger partial charge in [-0.2, -0.15) is 11.8 Å². The number of carbonyl (C=O) groups excluding carboxylic acids is 1. The molecule has 3 heterocycles. The minimum absolute atomic E-state index is 0.00926. The zero-order chi connectivity index (χ0) is 14.4. The molecule has 0 radical (unpaired) electrons. The Balaban J connectivity index is 1.75. The summed E-state index contributed by atoms with van der Waals surface area (Å²) in [6.45, 7) is 2.00. The number of benzene rings is 1. The number of thiophene rings is 1. The Morgan fingerprint density at radius 2 is 2.19 bits per heavy atom. The molecule has 0 aliphatic carbocycles. The topological polar surface area (TPSA) is 30.2 Å². The number of rotatable bonds is 2. The first-order valence-electron chi connectivity index (χ1n) is 6.95. The maximum atomic E-state index is 12.7. The highest BCUT2D eigenvalue weighted by Crippen LogP contribution is 2.33. The van der Waals surface area contributed by atoms with Gasteiger partial charge in [0, 0.05) is 16.0 Å². The molecule has 2 nitrogen and oxygen atoms in total. The Kier molecular flexibility index (Phi) is 3.16. The Bertz CT molecular complexity index is 818. The second-order valence-corrected chi connectivity index (χ2v) is 7.54. The van der Waals surface area contributed by atoms with Crippen molar-refractivity contribution in [2.24, 2.45) is 0 Å². The average molecular weight is 314 g/mol. The van der Waals surface area contributed by atoms with Crippen molar-refractivity contribution in [3.05, 3.63) is 57.0 Å². The van der Waals surface area contributed by atoms with Crippen LogP contribution >= 0.6 is 23.1 Å². The molecule has 4 heteroatoms. The average Bonchev–Trinajstić information content (AvgIpc) is 3.11. The van der Waals surface area contributed by atoms with E-state index < -0.39 is 0 Å². The van der Waals surface area contributed by atoms with E-state index in [2.05, 4.69) is 6.07 Å². The van der Waals surface area contributed by atoms with Gasteiger partial charge in [0.15, 0.2) is 5.76 Å². The summed E-state index contributed by atoms with van der Waals surface area (Å²) in [6, 6.07) is 9.88. The highest BCUT2D eigenvalue weighted by atomic mass is 32.2. The van der Waals surface area contributed by atoms with E-state index in [1.54, 1.807) is 11.3 Å². The monoisotopic (exact) mass is 314 g/mol. The lowest BCUT2D eigenvalue weighted by Gasteiger charge is -2.08. The largest absolute Gasteiger partial charge is 0.452 e. The number of thioether (sulfide) groups is 1. The van der Waals surface area contributed by atoms with E-state index in [0.717, 1.165) is 39.3 Å². The molecule has 0 amide bonds. The Morgan fingerprint density at radius 1 is 1.29 bits per heavy atom. The maximum absolute atomic E-state index is 12.7. The molecule has 0 unspecified atom stereocenters. The van der Waals surface area contributed by atoms with Gasteiger partial charge in [-0.05, 0) is 42.4 Å². The summed E-state index contributed by atoms with van der Waals surface area (Å²) in [5.41, 5.74) is 3.21. The molecular formula is C17H14O2S2. The number of aryl methyl sites for hydroxylation is 2. The number of ketones is 1. The molecule has 0 N–H and O–H groups in total. The van der Waals surface area contributed by atoms with Crippen LogP contribution in [0.1, 0.15) is 31.4 Å². The summed E-state index contributed by atoms with van der Waals surface area (Å²) < 4.78 is 5.80. The van der Waals surface area contributed by atoms with Crippen LogP contribution in [0.3, 0.4) is 0 Å². The molecule has 0 fully saturated rings. The lowest BCUT2D eigenvalue weighted by Crippen LogP contribution is -1.96. The maximum Gasteiger partial charge on any atom is 0.238 e. The number of fused-ring (bicyclic) bond motifs is 2. The molecule has 4 rings (SSSR count). The van der Waals surface area contributed by atoms with E-state index in [4.69, 9.17) is 4.42 Å². The van der Waals surface area contributed by atoms with Gasteiger partial charge in [0.2, 0.25) is 5.78 Å². The summed E-state index contributed by atoms with van der Waals surface area (Å²) in [5.74, 6) is 2.64. The van der Waals surface area contributed by atoms with Gasteiger partial charge in [-0.15, -0.1) is 11.3 Å². The number of furan rings is 1. The third kappa shape index (κ3) is 2.23. The first-order valence-corrected chi connectivity index (χ1v) is 8.92. The van der Waals surface area contributed by atoms with Crippen molar-refractivity contribution in [2.45, 2.75) is 19.1 Å². The van der Waals surface area contributed by atoms with E-state index in [1.807, 2.05) is 43.0 Å². The number of hydrogen-bond acceptors (Lipinski definition) is 4. The fourth-order valence-corrected chi connectivity index (χ4v) is 5.02. The summed E-state index contributed by atoms with van der Waals surface area (Å²) in [5, 5.41) is 0.996. The van der Waals surface area contributed by atoms with Gasteiger partial charge in [0.1, 0.15) is 5.58 Å². The van der Waals surface area contributed by atoms with Gasteiger partial charge in [0.25, 0.3) is 0 Å². The molecule has 21 heavy (non-hydrogen) atoms. The number of para-hydroxylation sites is 1. The first kappa shape index (κ1) is 13.2. The SMILES string of the molecule is Cc1cccc2cc(C(=O)c3cc4c(s3)CCSC4)oc12. The second-order valence-electron chi connectivity index (χ2n) is 5.29.